The molecule has 0 spiro atoms. The molecule has 4 rings (SSSR count). The summed E-state index contributed by atoms with van der Waals surface area (Å²) in [6.45, 7) is 1.35. The van der Waals surface area contributed by atoms with Crippen molar-refractivity contribution in [3.8, 4) is 0 Å². The SMILES string of the molecule is O=C(NCCC1=CCCCC1)c1cccc(C(=O)N2CCCc3ccccc32)c1. The van der Waals surface area contributed by atoms with Gasteiger partial charge in [-0.15, -0.1) is 0 Å². The van der Waals surface area contributed by atoms with Crippen molar-refractivity contribution in [2.24, 2.45) is 0 Å². The van der Waals surface area contributed by atoms with Gasteiger partial charge in [-0.2, -0.15) is 0 Å². The van der Waals surface area contributed by atoms with E-state index in [4.69, 9.17) is 0 Å². The van der Waals surface area contributed by atoms with Crippen molar-refractivity contribution in [3.63, 3.8) is 0 Å². The Balaban J connectivity index is 1.42. The number of carbonyl (C=O) groups excluding carboxylic acids is 2. The average molecular weight is 389 g/mol. The number of benzene rings is 2. The molecule has 1 heterocycles. The highest BCUT2D eigenvalue weighted by Crippen LogP contribution is 2.28. The lowest BCUT2D eigenvalue weighted by molar-refractivity contribution is 0.0954. The van der Waals surface area contributed by atoms with Gasteiger partial charge in [-0.05, 0) is 74.8 Å². The van der Waals surface area contributed by atoms with Crippen molar-refractivity contribution < 1.29 is 9.59 Å². The van der Waals surface area contributed by atoms with Crippen LogP contribution >= 0.6 is 0 Å². The molecule has 2 aromatic carbocycles. The van der Waals surface area contributed by atoms with Gasteiger partial charge >= 0.3 is 0 Å². The van der Waals surface area contributed by atoms with Crippen molar-refractivity contribution in [2.45, 2.75) is 44.9 Å². The van der Waals surface area contributed by atoms with Gasteiger partial charge in [0.2, 0.25) is 0 Å². The second kappa shape index (κ2) is 9.08. The fraction of sp³-hybridized carbons (Fsp3) is 0.360. The third kappa shape index (κ3) is 4.58. The summed E-state index contributed by atoms with van der Waals surface area (Å²) in [5.74, 6) is -0.158. The fourth-order valence-corrected chi connectivity index (χ4v) is 4.26. The Bertz CT molecular complexity index is 932. The van der Waals surface area contributed by atoms with Gasteiger partial charge in [-0.25, -0.2) is 0 Å². The lowest BCUT2D eigenvalue weighted by Gasteiger charge is -2.29. The van der Waals surface area contributed by atoms with E-state index in [1.807, 2.05) is 23.1 Å². The Hall–Kier alpha value is -2.88. The minimum Gasteiger partial charge on any atom is -0.352 e. The van der Waals surface area contributed by atoms with E-state index in [9.17, 15) is 9.59 Å². The molecule has 29 heavy (non-hydrogen) atoms. The Morgan fingerprint density at radius 1 is 0.931 bits per heavy atom. The number of anilines is 1. The molecule has 0 atom stereocenters. The van der Waals surface area contributed by atoms with E-state index < -0.39 is 0 Å². The van der Waals surface area contributed by atoms with Gasteiger partial charge in [-0.1, -0.05) is 35.9 Å². The maximum atomic E-state index is 13.1. The number of hydrogen-bond acceptors (Lipinski definition) is 2. The second-order valence-corrected chi connectivity index (χ2v) is 7.88. The summed E-state index contributed by atoms with van der Waals surface area (Å²) < 4.78 is 0. The van der Waals surface area contributed by atoms with Gasteiger partial charge < -0.3 is 10.2 Å². The van der Waals surface area contributed by atoms with Crippen molar-refractivity contribution in [1.29, 1.82) is 0 Å². The summed E-state index contributed by atoms with van der Waals surface area (Å²) in [5, 5.41) is 3.00. The summed E-state index contributed by atoms with van der Waals surface area (Å²) in [5.41, 5.74) is 4.74. The molecule has 2 aromatic rings. The second-order valence-electron chi connectivity index (χ2n) is 7.88. The highest BCUT2D eigenvalue weighted by molar-refractivity contribution is 6.08. The van der Waals surface area contributed by atoms with Crippen molar-refractivity contribution >= 4 is 17.5 Å². The van der Waals surface area contributed by atoms with E-state index in [2.05, 4.69) is 17.5 Å². The van der Waals surface area contributed by atoms with Crippen LogP contribution in [0.4, 0.5) is 5.69 Å². The number of nitrogens with zero attached hydrogens (tertiary/aromatic N) is 1. The smallest absolute Gasteiger partial charge is 0.258 e. The van der Waals surface area contributed by atoms with Crippen LogP contribution in [0.5, 0.6) is 0 Å². The van der Waals surface area contributed by atoms with Gasteiger partial charge in [0, 0.05) is 29.9 Å². The maximum absolute atomic E-state index is 13.1. The number of carbonyl (C=O) groups is 2. The van der Waals surface area contributed by atoms with Crippen LogP contribution in [0.2, 0.25) is 0 Å². The van der Waals surface area contributed by atoms with E-state index in [1.54, 1.807) is 24.3 Å². The topological polar surface area (TPSA) is 49.4 Å². The largest absolute Gasteiger partial charge is 0.352 e. The lowest BCUT2D eigenvalue weighted by atomic mass is 9.97. The van der Waals surface area contributed by atoms with Crippen LogP contribution in [0.3, 0.4) is 0 Å². The van der Waals surface area contributed by atoms with E-state index in [0.29, 0.717) is 24.2 Å². The van der Waals surface area contributed by atoms with Crippen LogP contribution < -0.4 is 10.2 Å². The number of amides is 2. The summed E-state index contributed by atoms with van der Waals surface area (Å²) >= 11 is 0. The van der Waals surface area contributed by atoms with Crippen molar-refractivity contribution in [2.75, 3.05) is 18.0 Å². The zero-order valence-corrected chi connectivity index (χ0v) is 16.8. The zero-order valence-electron chi connectivity index (χ0n) is 16.8. The highest BCUT2D eigenvalue weighted by atomic mass is 16.2. The number of aryl methyl sites for hydroxylation is 1. The number of allylic oxidation sites excluding steroid dienone is 1. The molecule has 150 valence electrons. The zero-order chi connectivity index (χ0) is 20.1. The van der Waals surface area contributed by atoms with Gasteiger partial charge in [0.25, 0.3) is 11.8 Å². The molecule has 0 bridgehead atoms. The van der Waals surface area contributed by atoms with Crippen LogP contribution in [-0.2, 0) is 6.42 Å². The third-order valence-electron chi connectivity index (χ3n) is 5.84. The van der Waals surface area contributed by atoms with E-state index in [0.717, 1.165) is 37.8 Å². The van der Waals surface area contributed by atoms with Crippen LogP contribution in [0.1, 0.15) is 64.8 Å². The lowest BCUT2D eigenvalue weighted by Crippen LogP contribution is -2.35. The summed E-state index contributed by atoms with van der Waals surface area (Å²) in [7, 11) is 0. The Kier molecular flexibility index (Phi) is 6.09. The molecule has 4 heteroatoms. The third-order valence-corrected chi connectivity index (χ3v) is 5.84. The number of para-hydroxylation sites is 1. The Morgan fingerprint density at radius 3 is 2.66 bits per heavy atom. The molecule has 0 unspecified atom stereocenters. The summed E-state index contributed by atoms with van der Waals surface area (Å²) in [4.78, 5) is 27.6. The first-order valence-corrected chi connectivity index (χ1v) is 10.7. The molecule has 2 aliphatic rings. The molecule has 2 amide bonds. The molecule has 0 radical (unpaired) electrons. The number of rotatable bonds is 5. The average Bonchev–Trinajstić information content (AvgIpc) is 2.79. The first-order valence-electron chi connectivity index (χ1n) is 10.7. The standard InChI is InChI=1S/C25H28N2O2/c28-24(26-16-15-19-8-2-1-3-9-19)21-11-6-12-22(18-21)25(29)27-17-7-13-20-10-4-5-14-23(20)27/h4-6,8,10-12,14,18H,1-3,7,9,13,15-17H2,(H,26,28). The van der Waals surface area contributed by atoms with Gasteiger partial charge in [-0.3, -0.25) is 9.59 Å². The van der Waals surface area contributed by atoms with E-state index in [-0.39, 0.29) is 11.8 Å². The first-order chi connectivity index (χ1) is 14.2. The normalized spacial score (nSPS) is 16.0. The van der Waals surface area contributed by atoms with Crippen LogP contribution in [0.15, 0.2) is 60.2 Å². The van der Waals surface area contributed by atoms with Crippen LogP contribution in [0.25, 0.3) is 0 Å². The number of nitrogens with one attached hydrogen (secondary N) is 1. The quantitative estimate of drug-likeness (QED) is 0.741. The minimum atomic E-state index is -0.116. The molecule has 1 N–H and O–H groups in total. The molecule has 1 aliphatic carbocycles. The van der Waals surface area contributed by atoms with Gasteiger partial charge in [0.15, 0.2) is 0 Å². The highest BCUT2D eigenvalue weighted by Gasteiger charge is 2.23. The minimum absolute atomic E-state index is 0.0424. The molecule has 1 aliphatic heterocycles. The molecule has 0 saturated heterocycles. The monoisotopic (exact) mass is 388 g/mol. The number of hydrogen-bond donors (Lipinski definition) is 1. The maximum Gasteiger partial charge on any atom is 0.258 e. The van der Waals surface area contributed by atoms with Gasteiger partial charge in [0.1, 0.15) is 0 Å². The summed E-state index contributed by atoms with van der Waals surface area (Å²) in [6.07, 6.45) is 10.0. The van der Waals surface area contributed by atoms with Gasteiger partial charge in [0.05, 0.1) is 0 Å². The van der Waals surface area contributed by atoms with Crippen molar-refractivity contribution in [3.05, 3.63) is 76.9 Å². The van der Waals surface area contributed by atoms with Crippen LogP contribution in [-0.4, -0.2) is 24.9 Å². The first kappa shape index (κ1) is 19.4. The van der Waals surface area contributed by atoms with Crippen LogP contribution in [0, 0.1) is 0 Å². The Morgan fingerprint density at radius 2 is 1.79 bits per heavy atom. The molecular formula is C25H28N2O2. The fourth-order valence-electron chi connectivity index (χ4n) is 4.26. The molecule has 0 fully saturated rings. The van der Waals surface area contributed by atoms with Crippen molar-refractivity contribution in [1.82, 2.24) is 5.32 Å². The summed E-state index contributed by atoms with van der Waals surface area (Å²) in [6, 6.07) is 15.1. The predicted molar refractivity (Wildman–Crippen MR) is 116 cm³/mol. The predicted octanol–water partition coefficient (Wildman–Crippen LogP) is 4.90. The van der Waals surface area contributed by atoms with E-state index in [1.165, 1.54) is 24.0 Å². The molecule has 0 aromatic heterocycles. The number of fused-ring (bicyclic) bond motifs is 1. The molecule has 4 nitrogen and oxygen atoms in total. The Labute approximate surface area is 172 Å². The molecule has 0 saturated carbocycles. The molecular weight excluding hydrogens is 360 g/mol. The van der Waals surface area contributed by atoms with E-state index >= 15 is 0 Å².